The number of anilines is 2. The second kappa shape index (κ2) is 4.11. The average molecular weight is 183 g/mol. The smallest absolute Gasteiger partial charge is 0.243 e. The number of nitrogens with zero attached hydrogens (tertiary/aromatic N) is 3. The largest absolute Gasteiger partial charge is 0.368 e. The number of nitrogen functional groups attached to an aromatic ring is 1. The Labute approximate surface area is 78.3 Å². The van der Waals surface area contributed by atoms with Gasteiger partial charge in [-0.1, -0.05) is 6.92 Å². The summed E-state index contributed by atoms with van der Waals surface area (Å²) in [7, 11) is 0. The van der Waals surface area contributed by atoms with Gasteiger partial charge in [0.15, 0.2) is 0 Å². The predicted molar refractivity (Wildman–Crippen MR) is 53.6 cm³/mol. The molecule has 1 aromatic heterocycles. The van der Waals surface area contributed by atoms with Crippen LogP contribution in [-0.2, 0) is 0 Å². The first-order valence-corrected chi connectivity index (χ1v) is 4.64. The van der Waals surface area contributed by atoms with E-state index in [1.807, 2.05) is 6.92 Å². The van der Waals surface area contributed by atoms with Crippen molar-refractivity contribution < 1.29 is 0 Å². The summed E-state index contributed by atoms with van der Waals surface area (Å²) in [5, 5.41) is 7.26. The lowest BCUT2D eigenvalue weighted by atomic mass is 10.3. The fourth-order valence-electron chi connectivity index (χ4n) is 1.07. The molecule has 0 aliphatic rings. The van der Waals surface area contributed by atoms with Gasteiger partial charge in [0.25, 0.3) is 0 Å². The molecule has 5 nitrogen and oxygen atoms in total. The Hall–Kier alpha value is -1.26. The van der Waals surface area contributed by atoms with Crippen molar-refractivity contribution in [1.29, 1.82) is 0 Å². The molecule has 1 heterocycles. The van der Waals surface area contributed by atoms with Crippen LogP contribution < -0.4 is 11.1 Å². The highest BCUT2D eigenvalue weighted by atomic mass is 15.4. The Morgan fingerprint density at radius 2 is 2.23 bits per heavy atom. The van der Waals surface area contributed by atoms with Crippen LogP contribution in [0, 0.1) is 0 Å². The van der Waals surface area contributed by atoms with Crippen LogP contribution in [0.25, 0.3) is 0 Å². The van der Waals surface area contributed by atoms with Gasteiger partial charge in [0, 0.05) is 6.54 Å². The topological polar surface area (TPSA) is 68.8 Å². The first-order valence-electron chi connectivity index (χ1n) is 4.64. The first-order chi connectivity index (χ1) is 6.19. The van der Waals surface area contributed by atoms with E-state index in [2.05, 4.69) is 29.2 Å². The Morgan fingerprint density at radius 1 is 1.54 bits per heavy atom. The third-order valence-corrected chi connectivity index (χ3v) is 2.00. The summed E-state index contributed by atoms with van der Waals surface area (Å²) in [6.45, 7) is 6.98. The number of nitrogens with two attached hydrogens (primary N) is 1. The van der Waals surface area contributed by atoms with Crippen molar-refractivity contribution in [2.75, 3.05) is 17.6 Å². The second-order valence-corrected chi connectivity index (χ2v) is 3.03. The van der Waals surface area contributed by atoms with Crippen LogP contribution >= 0.6 is 0 Å². The van der Waals surface area contributed by atoms with Crippen molar-refractivity contribution in [3.63, 3.8) is 0 Å². The van der Waals surface area contributed by atoms with E-state index >= 15 is 0 Å². The number of hydrogen-bond donors (Lipinski definition) is 2. The van der Waals surface area contributed by atoms with Crippen LogP contribution in [0.5, 0.6) is 0 Å². The van der Waals surface area contributed by atoms with Gasteiger partial charge in [-0.15, -0.1) is 5.10 Å². The van der Waals surface area contributed by atoms with E-state index in [0.717, 1.165) is 13.0 Å². The van der Waals surface area contributed by atoms with Crippen LogP contribution in [0.3, 0.4) is 0 Å². The highest BCUT2D eigenvalue weighted by molar-refractivity contribution is 5.31. The van der Waals surface area contributed by atoms with Gasteiger partial charge in [-0.05, 0) is 20.3 Å². The van der Waals surface area contributed by atoms with Gasteiger partial charge in [0.2, 0.25) is 11.9 Å². The van der Waals surface area contributed by atoms with Gasteiger partial charge >= 0.3 is 0 Å². The zero-order chi connectivity index (χ0) is 9.84. The second-order valence-electron chi connectivity index (χ2n) is 3.03. The molecule has 1 atom stereocenters. The maximum absolute atomic E-state index is 5.70. The van der Waals surface area contributed by atoms with Gasteiger partial charge in [-0.2, -0.15) is 4.98 Å². The van der Waals surface area contributed by atoms with Gasteiger partial charge in [0.05, 0.1) is 6.04 Å². The van der Waals surface area contributed by atoms with Crippen LogP contribution in [-0.4, -0.2) is 21.3 Å². The van der Waals surface area contributed by atoms with E-state index in [0.29, 0.717) is 17.9 Å². The minimum absolute atomic E-state index is 0.305. The monoisotopic (exact) mass is 183 g/mol. The van der Waals surface area contributed by atoms with Crippen molar-refractivity contribution in [3.05, 3.63) is 0 Å². The van der Waals surface area contributed by atoms with Crippen LogP contribution in [0.15, 0.2) is 0 Å². The number of aromatic nitrogens is 3. The molecule has 0 fully saturated rings. The third kappa shape index (κ3) is 2.11. The third-order valence-electron chi connectivity index (χ3n) is 2.00. The van der Waals surface area contributed by atoms with E-state index in [1.54, 1.807) is 4.68 Å². The lowest BCUT2D eigenvalue weighted by Gasteiger charge is -2.08. The molecule has 0 saturated carbocycles. The Bertz CT molecular complexity index is 267. The molecule has 1 aromatic rings. The molecule has 0 aliphatic carbocycles. The SMILES string of the molecule is CCNc1nc(N)n(C(C)CC)n1. The number of hydrogen-bond acceptors (Lipinski definition) is 4. The van der Waals surface area contributed by atoms with E-state index in [9.17, 15) is 0 Å². The Morgan fingerprint density at radius 3 is 2.77 bits per heavy atom. The van der Waals surface area contributed by atoms with E-state index < -0.39 is 0 Å². The van der Waals surface area contributed by atoms with Gasteiger partial charge in [-0.3, -0.25) is 0 Å². The zero-order valence-electron chi connectivity index (χ0n) is 8.41. The molecule has 0 bridgehead atoms. The van der Waals surface area contributed by atoms with Crippen LogP contribution in [0.4, 0.5) is 11.9 Å². The maximum Gasteiger partial charge on any atom is 0.243 e. The summed E-state index contributed by atoms with van der Waals surface area (Å²) in [5.41, 5.74) is 5.70. The van der Waals surface area contributed by atoms with E-state index in [4.69, 9.17) is 5.73 Å². The van der Waals surface area contributed by atoms with Crippen molar-refractivity contribution in [2.24, 2.45) is 0 Å². The fraction of sp³-hybridized carbons (Fsp3) is 0.750. The fourth-order valence-corrected chi connectivity index (χ4v) is 1.07. The molecule has 0 aromatic carbocycles. The normalized spacial score (nSPS) is 12.8. The van der Waals surface area contributed by atoms with Gasteiger partial charge in [0.1, 0.15) is 0 Å². The molecule has 1 unspecified atom stereocenters. The van der Waals surface area contributed by atoms with Crippen molar-refractivity contribution in [1.82, 2.24) is 14.8 Å². The summed E-state index contributed by atoms with van der Waals surface area (Å²) in [4.78, 5) is 4.09. The molecule has 0 saturated heterocycles. The minimum Gasteiger partial charge on any atom is -0.368 e. The summed E-state index contributed by atoms with van der Waals surface area (Å²) >= 11 is 0. The lowest BCUT2D eigenvalue weighted by Crippen LogP contribution is -2.09. The quantitative estimate of drug-likeness (QED) is 0.737. The highest BCUT2D eigenvalue weighted by Crippen LogP contribution is 2.14. The Balaban J connectivity index is 2.82. The molecule has 0 amide bonds. The molecule has 0 radical (unpaired) electrons. The highest BCUT2D eigenvalue weighted by Gasteiger charge is 2.10. The molecular formula is C8H17N5. The predicted octanol–water partition coefficient (Wildman–Crippen LogP) is 1.26. The number of nitrogens with one attached hydrogen (secondary N) is 1. The molecular weight excluding hydrogens is 166 g/mol. The maximum atomic E-state index is 5.70. The molecule has 13 heavy (non-hydrogen) atoms. The molecule has 0 aliphatic heterocycles. The lowest BCUT2D eigenvalue weighted by molar-refractivity contribution is 0.485. The average Bonchev–Trinajstić information content (AvgIpc) is 2.46. The zero-order valence-corrected chi connectivity index (χ0v) is 8.41. The molecule has 1 rings (SSSR count). The van der Waals surface area contributed by atoms with Crippen LogP contribution in [0.2, 0.25) is 0 Å². The van der Waals surface area contributed by atoms with Crippen LogP contribution in [0.1, 0.15) is 33.2 Å². The van der Waals surface area contributed by atoms with E-state index in [-0.39, 0.29) is 0 Å². The van der Waals surface area contributed by atoms with Gasteiger partial charge < -0.3 is 11.1 Å². The molecule has 5 heteroatoms. The summed E-state index contributed by atoms with van der Waals surface area (Å²) < 4.78 is 1.75. The van der Waals surface area contributed by atoms with Crippen molar-refractivity contribution >= 4 is 11.9 Å². The first kappa shape index (κ1) is 9.83. The summed E-state index contributed by atoms with van der Waals surface area (Å²) in [6, 6.07) is 0.305. The molecule has 3 N–H and O–H groups in total. The minimum atomic E-state index is 0.305. The molecule has 74 valence electrons. The van der Waals surface area contributed by atoms with Gasteiger partial charge in [-0.25, -0.2) is 4.68 Å². The Kier molecular flexibility index (Phi) is 3.11. The van der Waals surface area contributed by atoms with E-state index in [1.165, 1.54) is 0 Å². The van der Waals surface area contributed by atoms with Crippen molar-refractivity contribution in [2.45, 2.75) is 33.2 Å². The standard InChI is InChI=1S/C8H17N5/c1-4-6(3)13-7(9)11-8(12-13)10-5-2/h6H,4-5H2,1-3H3,(H3,9,10,11,12). The summed E-state index contributed by atoms with van der Waals surface area (Å²) in [5.74, 6) is 1.09. The van der Waals surface area contributed by atoms with Crippen molar-refractivity contribution in [3.8, 4) is 0 Å². The molecule has 0 spiro atoms. The number of rotatable bonds is 4. The summed E-state index contributed by atoms with van der Waals surface area (Å²) in [6.07, 6.45) is 0.999.